The molecule has 3 nitrogen and oxygen atoms in total. The molecule has 0 aliphatic heterocycles. The van der Waals surface area contributed by atoms with Gasteiger partial charge in [-0.05, 0) is 36.4 Å². The molecule has 0 aliphatic carbocycles. The average Bonchev–Trinajstić information content (AvgIpc) is 2.57. The van der Waals surface area contributed by atoms with Gasteiger partial charge in [0.25, 0.3) is 0 Å². The summed E-state index contributed by atoms with van der Waals surface area (Å²) in [5.74, 6) is -2.73. The van der Waals surface area contributed by atoms with Gasteiger partial charge in [0.1, 0.15) is 0 Å². The van der Waals surface area contributed by atoms with Crippen LogP contribution in [0.15, 0.2) is 42.5 Å². The smallest absolute Gasteiger partial charge is 0.417 e. The summed E-state index contributed by atoms with van der Waals surface area (Å²) in [6.45, 7) is -1.04. The number of hydrogen-bond acceptors (Lipinski definition) is 3. The molecule has 144 valence electrons. The minimum absolute atomic E-state index is 0.0207. The van der Waals surface area contributed by atoms with Crippen molar-refractivity contribution in [2.75, 3.05) is 6.61 Å². The van der Waals surface area contributed by atoms with E-state index in [2.05, 4.69) is 4.74 Å². The first-order valence-corrected chi connectivity index (χ1v) is 7.52. The molecule has 0 fully saturated rings. The lowest BCUT2D eigenvalue weighted by molar-refractivity contribution is -0.144. The maximum absolute atomic E-state index is 13.0. The van der Waals surface area contributed by atoms with Crippen molar-refractivity contribution in [3.05, 3.63) is 69.7 Å². The van der Waals surface area contributed by atoms with E-state index >= 15 is 0 Å². The normalized spacial score (nSPS) is 12.0. The number of esters is 1. The van der Waals surface area contributed by atoms with E-state index in [-0.39, 0.29) is 5.56 Å². The van der Waals surface area contributed by atoms with E-state index in [1.54, 1.807) is 0 Å². The molecule has 2 aromatic rings. The number of rotatable bonds is 4. The predicted octanol–water partition coefficient (Wildman–Crippen LogP) is 5.42. The second kappa shape index (κ2) is 7.59. The number of carbonyl (C=O) groups excluding carboxylic acids is 2. The average molecular weight is 411 g/mol. The molecule has 2 rings (SSSR count). The van der Waals surface area contributed by atoms with Crippen LogP contribution in [0, 0.1) is 0 Å². The van der Waals surface area contributed by atoms with Gasteiger partial charge in [-0.15, -0.1) is 0 Å². The summed E-state index contributed by atoms with van der Waals surface area (Å²) in [4.78, 5) is 23.9. The molecule has 10 heteroatoms. The summed E-state index contributed by atoms with van der Waals surface area (Å²) < 4.78 is 82.6. The Labute approximate surface area is 153 Å². The topological polar surface area (TPSA) is 43.4 Å². The van der Waals surface area contributed by atoms with Gasteiger partial charge < -0.3 is 4.74 Å². The zero-order valence-corrected chi connectivity index (χ0v) is 13.9. The molecule has 0 atom stereocenters. The Morgan fingerprint density at radius 2 is 1.33 bits per heavy atom. The third kappa shape index (κ3) is 5.00. The molecular weight excluding hydrogens is 402 g/mol. The van der Waals surface area contributed by atoms with E-state index in [4.69, 9.17) is 11.6 Å². The van der Waals surface area contributed by atoms with Gasteiger partial charge in [0, 0.05) is 10.6 Å². The molecule has 0 saturated heterocycles. The number of ether oxygens (including phenoxy) is 1. The maximum atomic E-state index is 13.0. The Bertz CT molecular complexity index is 824. The number of carbonyl (C=O) groups is 2. The quantitative estimate of drug-likeness (QED) is 0.384. The van der Waals surface area contributed by atoms with Gasteiger partial charge in [-0.2, -0.15) is 26.3 Å². The SMILES string of the molecule is O=C(COC(=O)c1c(C(F)(F)F)cccc1C(F)(F)F)c1ccc(Cl)cc1. The van der Waals surface area contributed by atoms with E-state index < -0.39 is 47.4 Å². The lowest BCUT2D eigenvalue weighted by atomic mass is 10.00. The minimum atomic E-state index is -5.23. The monoisotopic (exact) mass is 410 g/mol. The molecule has 0 unspecified atom stereocenters. The molecule has 0 aromatic heterocycles. The molecule has 0 radical (unpaired) electrons. The number of ketones is 1. The van der Waals surface area contributed by atoms with Crippen LogP contribution in [0.5, 0.6) is 0 Å². The van der Waals surface area contributed by atoms with Gasteiger partial charge in [-0.3, -0.25) is 4.79 Å². The number of benzene rings is 2. The van der Waals surface area contributed by atoms with E-state index in [0.29, 0.717) is 23.2 Å². The summed E-state index contributed by atoms with van der Waals surface area (Å²) in [6, 6.07) is 6.41. The van der Waals surface area contributed by atoms with E-state index in [1.807, 2.05) is 0 Å². The Kier molecular flexibility index (Phi) is 5.84. The highest BCUT2D eigenvalue weighted by Crippen LogP contribution is 2.39. The second-order valence-electron chi connectivity index (χ2n) is 5.23. The summed E-state index contributed by atoms with van der Waals surface area (Å²) in [5.41, 5.74) is -5.28. The molecular formula is C17H9ClF6O3. The first-order valence-electron chi connectivity index (χ1n) is 7.14. The molecule has 0 bridgehead atoms. The fourth-order valence-electron chi connectivity index (χ4n) is 2.17. The van der Waals surface area contributed by atoms with Crippen LogP contribution < -0.4 is 0 Å². The van der Waals surface area contributed by atoms with Crippen molar-refractivity contribution in [3.63, 3.8) is 0 Å². The van der Waals surface area contributed by atoms with Gasteiger partial charge in [-0.1, -0.05) is 17.7 Å². The van der Waals surface area contributed by atoms with Crippen molar-refractivity contribution in [1.29, 1.82) is 0 Å². The van der Waals surface area contributed by atoms with Crippen molar-refractivity contribution in [2.24, 2.45) is 0 Å². The van der Waals surface area contributed by atoms with Crippen LogP contribution in [0.2, 0.25) is 5.02 Å². The predicted molar refractivity (Wildman–Crippen MR) is 82.5 cm³/mol. The number of Topliss-reactive ketones (excluding diaryl/α,β-unsaturated/α-hetero) is 1. The van der Waals surface area contributed by atoms with Crippen LogP contribution in [0.1, 0.15) is 31.8 Å². The van der Waals surface area contributed by atoms with Gasteiger partial charge in [0.05, 0.1) is 16.7 Å². The molecule has 2 aromatic carbocycles. The Balaban J connectivity index is 2.32. The van der Waals surface area contributed by atoms with Crippen LogP contribution in [-0.4, -0.2) is 18.4 Å². The molecule has 27 heavy (non-hydrogen) atoms. The standard InChI is InChI=1S/C17H9ClF6O3/c18-10-6-4-9(5-7-10)13(25)8-27-15(26)14-11(16(19,20)21)2-1-3-12(14)17(22,23)24/h1-7H,8H2. The molecule has 0 aliphatic rings. The summed E-state index contributed by atoms with van der Waals surface area (Å²) in [6.07, 6.45) is -10.5. The first kappa shape index (κ1) is 20.8. The highest BCUT2D eigenvalue weighted by atomic mass is 35.5. The number of alkyl halides is 6. The zero-order valence-electron chi connectivity index (χ0n) is 13.1. The summed E-state index contributed by atoms with van der Waals surface area (Å²) >= 11 is 5.63. The highest BCUT2D eigenvalue weighted by Gasteiger charge is 2.43. The number of hydrogen-bond donors (Lipinski definition) is 0. The fourth-order valence-corrected chi connectivity index (χ4v) is 2.29. The van der Waals surface area contributed by atoms with Crippen LogP contribution in [0.3, 0.4) is 0 Å². The van der Waals surface area contributed by atoms with Crippen molar-refractivity contribution < 1.29 is 40.7 Å². The molecule has 0 heterocycles. The van der Waals surface area contributed by atoms with Gasteiger partial charge in [0.2, 0.25) is 0 Å². The van der Waals surface area contributed by atoms with Crippen LogP contribution >= 0.6 is 11.6 Å². The Morgan fingerprint density at radius 1 is 0.852 bits per heavy atom. The van der Waals surface area contributed by atoms with E-state index in [1.165, 1.54) is 24.3 Å². The van der Waals surface area contributed by atoms with Crippen LogP contribution in [-0.2, 0) is 17.1 Å². The molecule has 0 saturated carbocycles. The Hall–Kier alpha value is -2.55. The van der Waals surface area contributed by atoms with E-state index in [9.17, 15) is 35.9 Å². The van der Waals surface area contributed by atoms with Crippen molar-refractivity contribution >= 4 is 23.4 Å². The van der Waals surface area contributed by atoms with Gasteiger partial charge in [0.15, 0.2) is 12.4 Å². The zero-order chi connectivity index (χ0) is 20.4. The highest BCUT2D eigenvalue weighted by molar-refractivity contribution is 6.30. The molecule has 0 amide bonds. The summed E-state index contributed by atoms with van der Waals surface area (Å²) in [7, 11) is 0. The van der Waals surface area contributed by atoms with Crippen molar-refractivity contribution in [3.8, 4) is 0 Å². The van der Waals surface area contributed by atoms with Crippen molar-refractivity contribution in [1.82, 2.24) is 0 Å². The second-order valence-corrected chi connectivity index (χ2v) is 5.67. The van der Waals surface area contributed by atoms with Crippen molar-refractivity contribution in [2.45, 2.75) is 12.4 Å². The minimum Gasteiger partial charge on any atom is -0.454 e. The lowest BCUT2D eigenvalue weighted by Gasteiger charge is -2.17. The molecule has 0 spiro atoms. The van der Waals surface area contributed by atoms with Gasteiger partial charge >= 0.3 is 18.3 Å². The van der Waals surface area contributed by atoms with E-state index in [0.717, 1.165) is 0 Å². The Morgan fingerprint density at radius 3 is 1.78 bits per heavy atom. The number of halogens is 7. The third-order valence-corrected chi connectivity index (χ3v) is 3.63. The van der Waals surface area contributed by atoms with Crippen LogP contribution in [0.4, 0.5) is 26.3 Å². The molecule has 0 N–H and O–H groups in total. The van der Waals surface area contributed by atoms with Gasteiger partial charge in [-0.25, -0.2) is 4.79 Å². The fraction of sp³-hybridized carbons (Fsp3) is 0.176. The first-order chi connectivity index (χ1) is 12.4. The third-order valence-electron chi connectivity index (χ3n) is 3.38. The van der Waals surface area contributed by atoms with Crippen LogP contribution in [0.25, 0.3) is 0 Å². The largest absolute Gasteiger partial charge is 0.454 e. The summed E-state index contributed by atoms with van der Waals surface area (Å²) in [5, 5.41) is 0.303. The maximum Gasteiger partial charge on any atom is 0.417 e. The lowest BCUT2D eigenvalue weighted by Crippen LogP contribution is -2.23.